The van der Waals surface area contributed by atoms with Crippen molar-refractivity contribution < 1.29 is 14.3 Å². The summed E-state index contributed by atoms with van der Waals surface area (Å²) in [5, 5.41) is 5.57. The molecule has 0 aliphatic carbocycles. The third kappa shape index (κ3) is 5.75. The van der Waals surface area contributed by atoms with Crippen LogP contribution in [-0.2, 0) is 0 Å². The van der Waals surface area contributed by atoms with Crippen LogP contribution in [0.3, 0.4) is 0 Å². The molecule has 0 unspecified atom stereocenters. The fourth-order valence-electron chi connectivity index (χ4n) is 3.61. The topological polar surface area (TPSA) is 70.7 Å². The van der Waals surface area contributed by atoms with E-state index < -0.39 is 0 Å². The van der Waals surface area contributed by atoms with Gasteiger partial charge in [-0.05, 0) is 68.0 Å². The van der Waals surface area contributed by atoms with Crippen LogP contribution in [0, 0.1) is 19.8 Å². The van der Waals surface area contributed by atoms with Crippen molar-refractivity contribution in [2.75, 3.05) is 31.6 Å². The lowest BCUT2D eigenvalue weighted by Gasteiger charge is -2.30. The van der Waals surface area contributed by atoms with Gasteiger partial charge in [0.2, 0.25) is 0 Å². The van der Waals surface area contributed by atoms with Gasteiger partial charge in [0.05, 0.1) is 6.54 Å². The molecule has 3 amide bonds. The predicted octanol–water partition coefficient (Wildman–Crippen LogP) is 4.38. The number of piperidine rings is 1. The van der Waals surface area contributed by atoms with E-state index in [2.05, 4.69) is 17.6 Å². The summed E-state index contributed by atoms with van der Waals surface area (Å²) >= 11 is 0. The molecular formula is C24H31N3O3. The Bertz CT molecular complexity index is 852. The van der Waals surface area contributed by atoms with E-state index in [0.717, 1.165) is 42.8 Å². The summed E-state index contributed by atoms with van der Waals surface area (Å²) in [6, 6.07) is 12.7. The molecule has 6 nitrogen and oxygen atoms in total. The van der Waals surface area contributed by atoms with E-state index in [1.165, 1.54) is 0 Å². The molecular weight excluding hydrogens is 378 g/mol. The number of benzene rings is 2. The van der Waals surface area contributed by atoms with Crippen molar-refractivity contribution in [3.05, 3.63) is 59.2 Å². The highest BCUT2D eigenvalue weighted by molar-refractivity contribution is 5.95. The molecule has 0 radical (unpaired) electrons. The highest BCUT2D eigenvalue weighted by atomic mass is 16.5. The van der Waals surface area contributed by atoms with E-state index in [0.29, 0.717) is 30.3 Å². The molecule has 2 aromatic carbocycles. The SMILES string of the molecule is Cc1cccc(C)c1OCCNC(=O)Nc1ccc(C(=O)N2CCC(C)CC2)cc1. The van der Waals surface area contributed by atoms with Gasteiger partial charge in [0.15, 0.2) is 0 Å². The maximum atomic E-state index is 12.6. The molecule has 1 heterocycles. The molecule has 1 saturated heterocycles. The number of carbonyl (C=O) groups is 2. The van der Waals surface area contributed by atoms with Crippen LogP contribution < -0.4 is 15.4 Å². The van der Waals surface area contributed by atoms with Crippen LogP contribution in [0.25, 0.3) is 0 Å². The number of anilines is 1. The van der Waals surface area contributed by atoms with Gasteiger partial charge < -0.3 is 20.3 Å². The van der Waals surface area contributed by atoms with Gasteiger partial charge in [-0.3, -0.25) is 4.79 Å². The molecule has 0 aromatic heterocycles. The Hall–Kier alpha value is -3.02. The van der Waals surface area contributed by atoms with E-state index in [-0.39, 0.29) is 11.9 Å². The van der Waals surface area contributed by atoms with Crippen molar-refractivity contribution >= 4 is 17.6 Å². The van der Waals surface area contributed by atoms with E-state index in [4.69, 9.17) is 4.74 Å². The third-order valence-corrected chi connectivity index (χ3v) is 5.50. The number of urea groups is 1. The lowest BCUT2D eigenvalue weighted by molar-refractivity contribution is 0.0697. The zero-order valence-electron chi connectivity index (χ0n) is 18.0. The molecule has 2 N–H and O–H groups in total. The Morgan fingerprint density at radius 1 is 1.03 bits per heavy atom. The van der Waals surface area contributed by atoms with Gasteiger partial charge >= 0.3 is 6.03 Å². The number of ether oxygens (including phenoxy) is 1. The van der Waals surface area contributed by atoms with Crippen molar-refractivity contribution in [3.8, 4) is 5.75 Å². The smallest absolute Gasteiger partial charge is 0.319 e. The molecule has 30 heavy (non-hydrogen) atoms. The van der Waals surface area contributed by atoms with Crippen molar-refractivity contribution in [1.29, 1.82) is 0 Å². The van der Waals surface area contributed by atoms with Gasteiger partial charge in [0, 0.05) is 24.3 Å². The average Bonchev–Trinajstić information content (AvgIpc) is 2.73. The number of nitrogens with one attached hydrogen (secondary N) is 2. The van der Waals surface area contributed by atoms with Crippen LogP contribution in [0.5, 0.6) is 5.75 Å². The number of rotatable bonds is 6. The molecule has 0 bridgehead atoms. The Labute approximate surface area is 178 Å². The molecule has 2 aromatic rings. The van der Waals surface area contributed by atoms with Crippen LogP contribution in [0.1, 0.15) is 41.3 Å². The van der Waals surface area contributed by atoms with Crippen LogP contribution in [0.15, 0.2) is 42.5 Å². The summed E-state index contributed by atoms with van der Waals surface area (Å²) < 4.78 is 5.79. The highest BCUT2D eigenvalue weighted by Gasteiger charge is 2.21. The molecule has 1 aliphatic rings. The highest BCUT2D eigenvalue weighted by Crippen LogP contribution is 2.22. The third-order valence-electron chi connectivity index (χ3n) is 5.50. The van der Waals surface area contributed by atoms with Crippen LogP contribution in [-0.4, -0.2) is 43.1 Å². The van der Waals surface area contributed by atoms with Crippen LogP contribution >= 0.6 is 0 Å². The number of nitrogens with zero attached hydrogens (tertiary/aromatic N) is 1. The zero-order valence-corrected chi connectivity index (χ0v) is 18.0. The maximum absolute atomic E-state index is 12.6. The zero-order chi connectivity index (χ0) is 21.5. The van der Waals surface area contributed by atoms with Gasteiger partial charge in [-0.1, -0.05) is 25.1 Å². The number of amides is 3. The summed E-state index contributed by atoms with van der Waals surface area (Å²) in [6.07, 6.45) is 2.11. The predicted molar refractivity (Wildman–Crippen MR) is 119 cm³/mol. The number of hydrogen-bond acceptors (Lipinski definition) is 3. The number of aryl methyl sites for hydroxylation is 2. The van der Waals surface area contributed by atoms with Crippen molar-refractivity contribution in [1.82, 2.24) is 10.2 Å². The minimum Gasteiger partial charge on any atom is -0.491 e. The minimum atomic E-state index is -0.302. The quantitative estimate of drug-likeness (QED) is 0.696. The second-order valence-electron chi connectivity index (χ2n) is 8.00. The van der Waals surface area contributed by atoms with E-state index in [1.807, 2.05) is 36.9 Å². The van der Waals surface area contributed by atoms with Gasteiger partial charge in [-0.25, -0.2) is 4.79 Å². The molecule has 3 rings (SSSR count). The van der Waals surface area contributed by atoms with E-state index >= 15 is 0 Å². The lowest BCUT2D eigenvalue weighted by Crippen LogP contribution is -2.37. The summed E-state index contributed by atoms with van der Waals surface area (Å²) in [5.74, 6) is 1.61. The first-order chi connectivity index (χ1) is 14.4. The van der Waals surface area contributed by atoms with Gasteiger partial charge in [-0.15, -0.1) is 0 Å². The summed E-state index contributed by atoms with van der Waals surface area (Å²) in [4.78, 5) is 26.6. The number of para-hydroxylation sites is 1. The fraction of sp³-hybridized carbons (Fsp3) is 0.417. The molecule has 6 heteroatoms. The van der Waals surface area contributed by atoms with Gasteiger partial charge in [-0.2, -0.15) is 0 Å². The molecule has 1 fully saturated rings. The normalized spacial score (nSPS) is 14.3. The summed E-state index contributed by atoms with van der Waals surface area (Å²) in [6.45, 7) is 8.64. The van der Waals surface area contributed by atoms with E-state index in [9.17, 15) is 9.59 Å². The van der Waals surface area contributed by atoms with Crippen molar-refractivity contribution in [2.24, 2.45) is 5.92 Å². The number of likely N-dealkylation sites (tertiary alicyclic amines) is 1. The first kappa shape index (κ1) is 21.7. The summed E-state index contributed by atoms with van der Waals surface area (Å²) in [7, 11) is 0. The van der Waals surface area contributed by atoms with Crippen LogP contribution in [0.2, 0.25) is 0 Å². The molecule has 0 spiro atoms. The Kier molecular flexibility index (Phi) is 7.33. The monoisotopic (exact) mass is 409 g/mol. The molecule has 0 atom stereocenters. The average molecular weight is 410 g/mol. The number of hydrogen-bond donors (Lipinski definition) is 2. The molecule has 0 saturated carbocycles. The maximum Gasteiger partial charge on any atom is 0.319 e. The van der Waals surface area contributed by atoms with Gasteiger partial charge in [0.1, 0.15) is 12.4 Å². The Morgan fingerprint density at radius 3 is 2.30 bits per heavy atom. The summed E-state index contributed by atoms with van der Waals surface area (Å²) in [5.41, 5.74) is 3.45. The largest absolute Gasteiger partial charge is 0.491 e. The van der Waals surface area contributed by atoms with Crippen molar-refractivity contribution in [2.45, 2.75) is 33.6 Å². The molecule has 160 valence electrons. The minimum absolute atomic E-state index is 0.0570. The molecule has 1 aliphatic heterocycles. The van der Waals surface area contributed by atoms with Crippen molar-refractivity contribution in [3.63, 3.8) is 0 Å². The number of carbonyl (C=O) groups excluding carboxylic acids is 2. The van der Waals surface area contributed by atoms with E-state index in [1.54, 1.807) is 24.3 Å². The van der Waals surface area contributed by atoms with Crippen LogP contribution in [0.4, 0.5) is 10.5 Å². The second-order valence-corrected chi connectivity index (χ2v) is 8.00. The first-order valence-corrected chi connectivity index (χ1v) is 10.6. The lowest BCUT2D eigenvalue weighted by atomic mass is 9.98. The fourth-order valence-corrected chi connectivity index (χ4v) is 3.61. The Balaban J connectivity index is 1.42. The standard InChI is InChI=1S/C24H31N3O3/c1-17-11-14-27(15-12-17)23(28)20-7-9-21(10-8-20)26-24(29)25-13-16-30-22-18(2)5-4-6-19(22)3/h4-10,17H,11-16H2,1-3H3,(H2,25,26,29). The first-order valence-electron chi connectivity index (χ1n) is 10.6. The Morgan fingerprint density at radius 2 is 1.67 bits per heavy atom. The van der Waals surface area contributed by atoms with Gasteiger partial charge in [0.25, 0.3) is 5.91 Å². The second kappa shape index (κ2) is 10.1.